The van der Waals surface area contributed by atoms with E-state index >= 15 is 0 Å². The van der Waals surface area contributed by atoms with Crippen molar-refractivity contribution in [1.82, 2.24) is 10.6 Å². The molecular formula is C20H28N2O3. The molecule has 1 aliphatic rings. The first-order chi connectivity index (χ1) is 12.0. The van der Waals surface area contributed by atoms with E-state index in [9.17, 15) is 9.59 Å². The molecule has 0 aromatic heterocycles. The largest absolute Gasteiger partial charge is 0.497 e. The second kappa shape index (κ2) is 9.25. The normalized spacial score (nSPS) is 21.6. The molecule has 5 nitrogen and oxygen atoms in total. The minimum Gasteiger partial charge on any atom is -0.497 e. The van der Waals surface area contributed by atoms with Crippen LogP contribution in [0.15, 0.2) is 30.3 Å². The topological polar surface area (TPSA) is 67.4 Å². The Morgan fingerprint density at radius 3 is 2.52 bits per heavy atom. The molecule has 1 aromatic rings. The van der Waals surface area contributed by atoms with Gasteiger partial charge in [-0.1, -0.05) is 31.9 Å². The Balaban J connectivity index is 1.81. The maximum Gasteiger partial charge on any atom is 0.244 e. The Kier molecular flexibility index (Phi) is 7.04. The molecule has 0 spiro atoms. The molecule has 5 heteroatoms. The van der Waals surface area contributed by atoms with Gasteiger partial charge in [-0.25, -0.2) is 0 Å². The number of nitrogens with one attached hydrogen (secondary N) is 2. The lowest BCUT2D eigenvalue weighted by atomic mass is 9.86. The number of rotatable bonds is 6. The van der Waals surface area contributed by atoms with E-state index < -0.39 is 6.04 Å². The van der Waals surface area contributed by atoms with Crippen molar-refractivity contribution < 1.29 is 14.3 Å². The van der Waals surface area contributed by atoms with Crippen LogP contribution in [0, 0.1) is 5.92 Å². The number of ether oxygens (including phenoxy) is 1. The van der Waals surface area contributed by atoms with Crippen molar-refractivity contribution in [3.8, 4) is 5.75 Å². The third kappa shape index (κ3) is 5.93. The van der Waals surface area contributed by atoms with E-state index in [-0.39, 0.29) is 17.9 Å². The summed E-state index contributed by atoms with van der Waals surface area (Å²) in [5.74, 6) is 0.861. The Labute approximate surface area is 149 Å². The lowest BCUT2D eigenvalue weighted by Gasteiger charge is -2.30. The fourth-order valence-electron chi connectivity index (χ4n) is 3.05. The Morgan fingerprint density at radius 1 is 1.20 bits per heavy atom. The smallest absolute Gasteiger partial charge is 0.244 e. The third-order valence-corrected chi connectivity index (χ3v) is 4.73. The van der Waals surface area contributed by atoms with Crippen molar-refractivity contribution in [2.45, 2.75) is 51.6 Å². The number of hydrogen-bond donors (Lipinski definition) is 2. The predicted molar refractivity (Wildman–Crippen MR) is 99.2 cm³/mol. The van der Waals surface area contributed by atoms with Crippen molar-refractivity contribution in [1.29, 1.82) is 0 Å². The first-order valence-corrected chi connectivity index (χ1v) is 8.92. The van der Waals surface area contributed by atoms with E-state index in [0.29, 0.717) is 5.92 Å². The van der Waals surface area contributed by atoms with E-state index in [1.807, 2.05) is 24.3 Å². The van der Waals surface area contributed by atoms with Crippen LogP contribution in [0.4, 0.5) is 0 Å². The average Bonchev–Trinajstić information content (AvgIpc) is 2.62. The van der Waals surface area contributed by atoms with Crippen LogP contribution in [0.1, 0.15) is 45.1 Å². The van der Waals surface area contributed by atoms with Gasteiger partial charge in [-0.3, -0.25) is 9.59 Å². The van der Waals surface area contributed by atoms with Crippen LogP contribution in [0.25, 0.3) is 6.08 Å². The Morgan fingerprint density at radius 2 is 1.88 bits per heavy atom. The molecule has 1 aliphatic carbocycles. The first kappa shape index (κ1) is 19.0. The fraction of sp³-hybridized carbons (Fsp3) is 0.500. The van der Waals surface area contributed by atoms with Crippen LogP contribution < -0.4 is 15.4 Å². The molecule has 1 aromatic carbocycles. The van der Waals surface area contributed by atoms with E-state index in [1.54, 1.807) is 20.1 Å². The summed E-state index contributed by atoms with van der Waals surface area (Å²) < 4.78 is 5.10. The van der Waals surface area contributed by atoms with Gasteiger partial charge < -0.3 is 15.4 Å². The summed E-state index contributed by atoms with van der Waals surface area (Å²) in [7, 11) is 1.61. The van der Waals surface area contributed by atoms with Gasteiger partial charge in [-0.15, -0.1) is 0 Å². The molecule has 2 amide bonds. The highest BCUT2D eigenvalue weighted by atomic mass is 16.5. The zero-order valence-electron chi connectivity index (χ0n) is 15.2. The minimum absolute atomic E-state index is 0.120. The van der Waals surface area contributed by atoms with E-state index in [0.717, 1.165) is 30.6 Å². The summed E-state index contributed by atoms with van der Waals surface area (Å²) in [6.07, 6.45) is 7.70. The Bertz CT molecular complexity index is 610. The molecule has 0 aliphatic heterocycles. The lowest BCUT2D eigenvalue weighted by molar-refractivity contribution is -0.127. The van der Waals surface area contributed by atoms with Crippen molar-refractivity contribution in [2.75, 3.05) is 7.11 Å². The monoisotopic (exact) mass is 344 g/mol. The molecule has 0 bridgehead atoms. The first-order valence-electron chi connectivity index (χ1n) is 8.92. The molecule has 0 saturated heterocycles. The molecule has 2 N–H and O–H groups in total. The molecule has 2 rings (SSSR count). The van der Waals surface area contributed by atoms with Crippen LogP contribution in [-0.4, -0.2) is 31.0 Å². The van der Waals surface area contributed by atoms with Gasteiger partial charge in [0.25, 0.3) is 0 Å². The maximum atomic E-state index is 12.3. The molecule has 1 fully saturated rings. The lowest BCUT2D eigenvalue weighted by Crippen LogP contribution is -2.50. The number of amides is 2. The van der Waals surface area contributed by atoms with Crippen molar-refractivity contribution >= 4 is 17.9 Å². The van der Waals surface area contributed by atoms with Crippen molar-refractivity contribution in [3.05, 3.63) is 35.9 Å². The van der Waals surface area contributed by atoms with Gasteiger partial charge in [0.15, 0.2) is 0 Å². The predicted octanol–water partition coefficient (Wildman–Crippen LogP) is 2.91. The summed E-state index contributed by atoms with van der Waals surface area (Å²) >= 11 is 0. The molecule has 1 saturated carbocycles. The van der Waals surface area contributed by atoms with Crippen LogP contribution in [0.2, 0.25) is 0 Å². The summed E-state index contributed by atoms with van der Waals surface area (Å²) in [6, 6.07) is 7.06. The highest BCUT2D eigenvalue weighted by Crippen LogP contribution is 2.23. The SMILES string of the molecule is COc1ccc(/C=C/C(=O)NC(C)C(=O)NC2CCCCC2C)cc1. The number of carbonyl (C=O) groups excluding carboxylic acids is 2. The molecule has 0 radical (unpaired) electrons. The van der Waals surface area contributed by atoms with Crippen LogP contribution >= 0.6 is 0 Å². The standard InChI is InChI=1S/C20H28N2O3/c1-14-6-4-5-7-18(14)22-20(24)15(2)21-19(23)13-10-16-8-11-17(25-3)12-9-16/h8-15,18H,4-7H2,1-3H3,(H,21,23)(H,22,24)/b13-10+. The molecule has 3 atom stereocenters. The van der Waals surface area contributed by atoms with Gasteiger partial charge in [0.05, 0.1) is 7.11 Å². The second-order valence-corrected chi connectivity index (χ2v) is 6.71. The molecule has 136 valence electrons. The number of carbonyl (C=O) groups is 2. The highest BCUT2D eigenvalue weighted by Gasteiger charge is 2.25. The van der Waals surface area contributed by atoms with Gasteiger partial charge in [-0.2, -0.15) is 0 Å². The Hall–Kier alpha value is -2.30. The average molecular weight is 344 g/mol. The summed E-state index contributed by atoms with van der Waals surface area (Å²) in [6.45, 7) is 3.88. The van der Waals surface area contributed by atoms with Crippen LogP contribution in [0.3, 0.4) is 0 Å². The van der Waals surface area contributed by atoms with Gasteiger partial charge in [-0.05, 0) is 49.5 Å². The fourth-order valence-corrected chi connectivity index (χ4v) is 3.05. The summed E-state index contributed by atoms with van der Waals surface area (Å²) in [5, 5.41) is 5.78. The van der Waals surface area contributed by atoms with Crippen LogP contribution in [0.5, 0.6) is 5.75 Å². The van der Waals surface area contributed by atoms with Gasteiger partial charge in [0.1, 0.15) is 11.8 Å². The van der Waals surface area contributed by atoms with Gasteiger partial charge in [0.2, 0.25) is 11.8 Å². The van der Waals surface area contributed by atoms with E-state index in [1.165, 1.54) is 12.5 Å². The highest BCUT2D eigenvalue weighted by molar-refractivity contribution is 5.95. The van der Waals surface area contributed by atoms with Crippen molar-refractivity contribution in [2.24, 2.45) is 5.92 Å². The second-order valence-electron chi connectivity index (χ2n) is 6.71. The van der Waals surface area contributed by atoms with Gasteiger partial charge in [0, 0.05) is 12.1 Å². The number of methoxy groups -OCH3 is 1. The third-order valence-electron chi connectivity index (χ3n) is 4.73. The number of benzene rings is 1. The molecule has 25 heavy (non-hydrogen) atoms. The molecular weight excluding hydrogens is 316 g/mol. The summed E-state index contributed by atoms with van der Waals surface area (Å²) in [5.41, 5.74) is 0.893. The zero-order chi connectivity index (χ0) is 18.2. The minimum atomic E-state index is -0.554. The van der Waals surface area contributed by atoms with E-state index in [2.05, 4.69) is 17.6 Å². The summed E-state index contributed by atoms with van der Waals surface area (Å²) in [4.78, 5) is 24.3. The molecule has 3 unspecified atom stereocenters. The molecule has 0 heterocycles. The van der Waals surface area contributed by atoms with E-state index in [4.69, 9.17) is 4.74 Å². The van der Waals surface area contributed by atoms with Gasteiger partial charge >= 0.3 is 0 Å². The number of hydrogen-bond acceptors (Lipinski definition) is 3. The zero-order valence-corrected chi connectivity index (χ0v) is 15.2. The van der Waals surface area contributed by atoms with Crippen molar-refractivity contribution in [3.63, 3.8) is 0 Å². The maximum absolute atomic E-state index is 12.3. The quantitative estimate of drug-likeness (QED) is 0.780. The van der Waals surface area contributed by atoms with Crippen LogP contribution in [-0.2, 0) is 9.59 Å².